The van der Waals surface area contributed by atoms with Crippen molar-refractivity contribution < 1.29 is 13.9 Å². The number of carbonyl (C=O) groups is 1. The van der Waals surface area contributed by atoms with Gasteiger partial charge in [0.25, 0.3) is 5.91 Å². The van der Waals surface area contributed by atoms with Crippen LogP contribution in [0, 0.1) is 5.82 Å². The topological polar surface area (TPSA) is 82.2 Å². The summed E-state index contributed by atoms with van der Waals surface area (Å²) in [5, 5.41) is 2.89. The molecule has 144 valence electrons. The molecule has 1 aliphatic rings. The molecule has 1 atom stereocenters. The van der Waals surface area contributed by atoms with E-state index < -0.39 is 11.7 Å². The van der Waals surface area contributed by atoms with E-state index in [1.165, 1.54) is 18.2 Å². The highest BCUT2D eigenvalue weighted by molar-refractivity contribution is 5.95. The molecule has 7 heteroatoms. The van der Waals surface area contributed by atoms with Crippen molar-refractivity contribution in [2.24, 2.45) is 5.73 Å². The number of fused-ring (bicyclic) bond motifs is 1. The number of hydrogen-bond acceptors (Lipinski definition) is 4. The molecule has 4 rings (SSSR count). The van der Waals surface area contributed by atoms with Crippen LogP contribution in [0.2, 0.25) is 0 Å². The zero-order valence-electron chi connectivity index (χ0n) is 15.3. The smallest absolute Gasteiger partial charge is 0.254 e. The van der Waals surface area contributed by atoms with Gasteiger partial charge in [0.15, 0.2) is 0 Å². The molecule has 2 aromatic carbocycles. The summed E-state index contributed by atoms with van der Waals surface area (Å²) in [6, 6.07) is 11.6. The Kier molecular flexibility index (Phi) is 5.08. The average molecular weight is 380 g/mol. The van der Waals surface area contributed by atoms with Gasteiger partial charge in [0, 0.05) is 24.9 Å². The van der Waals surface area contributed by atoms with Crippen LogP contribution in [0.3, 0.4) is 0 Å². The first-order valence-corrected chi connectivity index (χ1v) is 9.18. The van der Waals surface area contributed by atoms with E-state index in [0.29, 0.717) is 31.0 Å². The zero-order valence-corrected chi connectivity index (χ0v) is 15.3. The molecule has 0 radical (unpaired) electrons. The van der Waals surface area contributed by atoms with Crippen molar-refractivity contribution in [2.75, 3.05) is 6.54 Å². The van der Waals surface area contributed by atoms with Gasteiger partial charge in [0.1, 0.15) is 17.3 Å². The molecule has 28 heavy (non-hydrogen) atoms. The minimum atomic E-state index is -0.581. The molecule has 0 spiro atoms. The molecule has 0 fully saturated rings. The maximum absolute atomic E-state index is 14.2. The molecule has 1 aromatic heterocycles. The van der Waals surface area contributed by atoms with E-state index in [9.17, 15) is 9.18 Å². The molecule has 1 aliphatic heterocycles. The molecule has 1 amide bonds. The third-order valence-electron chi connectivity index (χ3n) is 4.78. The highest BCUT2D eigenvalue weighted by atomic mass is 19.1. The molecule has 1 unspecified atom stereocenters. The number of halogens is 1. The first-order chi connectivity index (χ1) is 13.6. The van der Waals surface area contributed by atoms with Crippen LogP contribution >= 0.6 is 0 Å². The van der Waals surface area contributed by atoms with Crippen LogP contribution in [0.1, 0.15) is 21.6 Å². The van der Waals surface area contributed by atoms with Gasteiger partial charge in [-0.3, -0.25) is 4.79 Å². The second kappa shape index (κ2) is 7.82. The van der Waals surface area contributed by atoms with E-state index in [-0.39, 0.29) is 11.6 Å². The second-order valence-electron chi connectivity index (χ2n) is 6.84. The average Bonchev–Trinajstić information content (AvgIpc) is 3.26. The number of imidazole rings is 1. The summed E-state index contributed by atoms with van der Waals surface area (Å²) >= 11 is 0. The summed E-state index contributed by atoms with van der Waals surface area (Å²) in [4.78, 5) is 16.6. The lowest BCUT2D eigenvalue weighted by atomic mass is 10.1. The van der Waals surface area contributed by atoms with Crippen LogP contribution in [0.15, 0.2) is 55.0 Å². The van der Waals surface area contributed by atoms with Crippen LogP contribution in [0.25, 0.3) is 0 Å². The van der Waals surface area contributed by atoms with Crippen molar-refractivity contribution in [1.82, 2.24) is 14.9 Å². The van der Waals surface area contributed by atoms with Gasteiger partial charge in [0.2, 0.25) is 0 Å². The molecule has 6 nitrogen and oxygen atoms in total. The molecular formula is C21H21FN4O2. The van der Waals surface area contributed by atoms with E-state index in [1.54, 1.807) is 12.5 Å². The molecule has 0 saturated heterocycles. The van der Waals surface area contributed by atoms with Gasteiger partial charge in [-0.2, -0.15) is 0 Å². The quantitative estimate of drug-likeness (QED) is 0.689. The lowest BCUT2D eigenvalue weighted by molar-refractivity contribution is 0.0932. The zero-order chi connectivity index (χ0) is 19.5. The summed E-state index contributed by atoms with van der Waals surface area (Å²) in [6.45, 7) is 1.22. The van der Waals surface area contributed by atoms with Crippen molar-refractivity contribution in [3.8, 4) is 11.5 Å². The van der Waals surface area contributed by atoms with Gasteiger partial charge in [-0.05, 0) is 48.9 Å². The van der Waals surface area contributed by atoms with Crippen molar-refractivity contribution >= 4 is 5.91 Å². The minimum Gasteiger partial charge on any atom is -0.457 e. The van der Waals surface area contributed by atoms with Gasteiger partial charge in [0.05, 0.1) is 17.9 Å². The van der Waals surface area contributed by atoms with Gasteiger partial charge in [-0.25, -0.2) is 9.37 Å². The summed E-state index contributed by atoms with van der Waals surface area (Å²) in [5.74, 6) is -0.0197. The fourth-order valence-electron chi connectivity index (χ4n) is 3.37. The molecule has 2 heterocycles. The van der Waals surface area contributed by atoms with Crippen molar-refractivity contribution in [2.45, 2.75) is 25.4 Å². The van der Waals surface area contributed by atoms with Gasteiger partial charge >= 0.3 is 0 Å². The number of hydrogen-bond donors (Lipinski definition) is 2. The van der Waals surface area contributed by atoms with E-state index in [2.05, 4.69) is 10.3 Å². The first-order valence-electron chi connectivity index (χ1n) is 9.18. The Labute approximate surface area is 162 Å². The molecule has 0 aliphatic carbocycles. The van der Waals surface area contributed by atoms with Crippen LogP contribution < -0.4 is 15.8 Å². The Hall–Kier alpha value is -3.19. The number of nitrogens with two attached hydrogens (primary N) is 1. The number of rotatable bonds is 6. The Balaban J connectivity index is 1.44. The van der Waals surface area contributed by atoms with Gasteiger partial charge < -0.3 is 20.4 Å². The number of ether oxygens (including phenoxy) is 1. The number of nitrogens with zero attached hydrogens (tertiary/aromatic N) is 2. The van der Waals surface area contributed by atoms with E-state index >= 15 is 0 Å². The second-order valence-corrected chi connectivity index (χ2v) is 6.84. The van der Waals surface area contributed by atoms with Gasteiger partial charge in [-0.15, -0.1) is 0 Å². The fraction of sp³-hybridized carbons (Fsp3) is 0.238. The summed E-state index contributed by atoms with van der Waals surface area (Å²) < 4.78 is 22.0. The van der Waals surface area contributed by atoms with Crippen molar-refractivity contribution in [3.63, 3.8) is 0 Å². The lowest BCUT2D eigenvalue weighted by Gasteiger charge is -2.13. The van der Waals surface area contributed by atoms with Crippen LogP contribution in [0.5, 0.6) is 11.5 Å². The summed E-state index contributed by atoms with van der Waals surface area (Å²) in [6.07, 6.45) is 4.98. The highest BCUT2D eigenvalue weighted by Gasteiger charge is 2.24. The lowest BCUT2D eigenvalue weighted by Crippen LogP contribution is -2.36. The summed E-state index contributed by atoms with van der Waals surface area (Å²) in [7, 11) is 0. The molecular weight excluding hydrogens is 359 g/mol. The monoisotopic (exact) mass is 380 g/mol. The standard InChI is InChI=1S/C21H21FN4O2/c22-20-6-5-18(28-17-3-1-14(2-4-17)7-8-23)10-19(20)21(27)25-15-9-16-11-24-13-26(16)12-15/h1-6,10-11,13,15H,7-9,12,23H2,(H,25,27). The van der Waals surface area contributed by atoms with Crippen molar-refractivity contribution in [1.29, 1.82) is 0 Å². The molecule has 0 saturated carbocycles. The number of nitrogens with one attached hydrogen (secondary N) is 1. The van der Waals surface area contributed by atoms with Crippen LogP contribution in [-0.4, -0.2) is 28.0 Å². The Morgan fingerprint density at radius 1 is 1.25 bits per heavy atom. The van der Waals surface area contributed by atoms with Crippen molar-refractivity contribution in [3.05, 3.63) is 77.6 Å². The van der Waals surface area contributed by atoms with E-state index in [0.717, 1.165) is 17.7 Å². The van der Waals surface area contributed by atoms with Crippen LogP contribution in [0.4, 0.5) is 4.39 Å². The largest absolute Gasteiger partial charge is 0.457 e. The normalized spacial score (nSPS) is 15.3. The first kappa shape index (κ1) is 18.2. The number of aromatic nitrogens is 2. The fourth-order valence-corrected chi connectivity index (χ4v) is 3.37. The third kappa shape index (κ3) is 3.89. The SMILES string of the molecule is NCCc1ccc(Oc2ccc(F)c(C(=O)NC3Cc4cncn4C3)c2)cc1. The summed E-state index contributed by atoms with van der Waals surface area (Å²) in [5.41, 5.74) is 7.69. The Morgan fingerprint density at radius 2 is 2.04 bits per heavy atom. The third-order valence-corrected chi connectivity index (χ3v) is 4.78. The number of amides is 1. The Bertz CT molecular complexity index is 964. The maximum atomic E-state index is 14.2. The van der Waals surface area contributed by atoms with Gasteiger partial charge in [-0.1, -0.05) is 12.1 Å². The molecule has 3 N–H and O–H groups in total. The van der Waals surface area contributed by atoms with E-state index in [4.69, 9.17) is 10.5 Å². The predicted octanol–water partition coefficient (Wildman–Crippen LogP) is 2.67. The van der Waals surface area contributed by atoms with E-state index in [1.807, 2.05) is 28.8 Å². The van der Waals surface area contributed by atoms with Crippen LogP contribution in [-0.2, 0) is 19.4 Å². The number of carbonyl (C=O) groups excluding carboxylic acids is 1. The minimum absolute atomic E-state index is 0.0352. The molecule has 0 bridgehead atoms. The Morgan fingerprint density at radius 3 is 2.79 bits per heavy atom. The highest BCUT2D eigenvalue weighted by Crippen LogP contribution is 2.24. The predicted molar refractivity (Wildman–Crippen MR) is 103 cm³/mol. The number of benzene rings is 2. The maximum Gasteiger partial charge on any atom is 0.254 e. The molecule has 3 aromatic rings.